The number of ether oxygens (including phenoxy) is 1. The van der Waals surface area contributed by atoms with E-state index in [4.69, 9.17) is 9.57 Å². The molecule has 0 fully saturated rings. The van der Waals surface area contributed by atoms with Crippen LogP contribution in [0.2, 0.25) is 0 Å². The molecule has 0 radical (unpaired) electrons. The van der Waals surface area contributed by atoms with E-state index in [2.05, 4.69) is 5.16 Å². The third kappa shape index (κ3) is 3.01. The summed E-state index contributed by atoms with van der Waals surface area (Å²) in [6.45, 7) is 7.18. The van der Waals surface area contributed by atoms with Gasteiger partial charge in [0.05, 0.1) is 17.8 Å². The largest absolute Gasteiger partial charge is 0.443 e. The van der Waals surface area contributed by atoms with Crippen molar-refractivity contribution in [1.82, 2.24) is 4.57 Å². The third-order valence-corrected chi connectivity index (χ3v) is 3.87. The average molecular weight is 330 g/mol. The van der Waals surface area contributed by atoms with Crippen LogP contribution in [-0.4, -0.2) is 39.3 Å². The molecule has 0 saturated heterocycles. The Hall–Kier alpha value is -2.34. The number of aliphatic hydroxyl groups is 1. The number of fused-ring (bicyclic) bond motifs is 1. The number of carbonyl (C=O) groups is 1. The van der Waals surface area contributed by atoms with Crippen LogP contribution in [0.25, 0.3) is 10.9 Å². The molecule has 2 heterocycles. The highest BCUT2D eigenvalue weighted by Crippen LogP contribution is 2.31. The lowest BCUT2D eigenvalue weighted by Gasteiger charge is -2.19. The Morgan fingerprint density at radius 3 is 2.75 bits per heavy atom. The van der Waals surface area contributed by atoms with Crippen molar-refractivity contribution in [3.8, 4) is 0 Å². The number of rotatable bonds is 2. The van der Waals surface area contributed by atoms with Gasteiger partial charge in [-0.05, 0) is 33.8 Å². The lowest BCUT2D eigenvalue weighted by atomic mass is 9.96. The molecule has 1 aliphatic heterocycles. The first kappa shape index (κ1) is 16.5. The number of oxime groups is 1. The zero-order chi connectivity index (χ0) is 17.5. The van der Waals surface area contributed by atoms with Crippen molar-refractivity contribution >= 4 is 22.7 Å². The van der Waals surface area contributed by atoms with Gasteiger partial charge in [-0.3, -0.25) is 4.57 Å². The number of nitrogens with zero attached hydrogens (tertiary/aromatic N) is 2. The van der Waals surface area contributed by atoms with Crippen molar-refractivity contribution < 1.29 is 19.5 Å². The summed E-state index contributed by atoms with van der Waals surface area (Å²) in [5.41, 5.74) is 0.983. The van der Waals surface area contributed by atoms with Gasteiger partial charge in [-0.15, -0.1) is 0 Å². The topological polar surface area (TPSA) is 73.1 Å². The number of aromatic nitrogens is 1. The second kappa shape index (κ2) is 5.63. The van der Waals surface area contributed by atoms with Gasteiger partial charge in [-0.1, -0.05) is 23.4 Å². The predicted octanol–water partition coefficient (Wildman–Crippen LogP) is 3.30. The maximum Gasteiger partial charge on any atom is 0.419 e. The van der Waals surface area contributed by atoms with Gasteiger partial charge in [0.15, 0.2) is 5.60 Å². The summed E-state index contributed by atoms with van der Waals surface area (Å²) in [6, 6.07) is 7.58. The van der Waals surface area contributed by atoms with Crippen LogP contribution < -0.4 is 0 Å². The highest BCUT2D eigenvalue weighted by Gasteiger charge is 2.35. The fraction of sp³-hybridized carbons (Fsp3) is 0.444. The lowest BCUT2D eigenvalue weighted by Crippen LogP contribution is -2.29. The number of carbonyl (C=O) groups excluding carboxylic acids is 1. The Bertz CT molecular complexity index is 816. The third-order valence-electron chi connectivity index (χ3n) is 3.87. The van der Waals surface area contributed by atoms with Crippen LogP contribution in [0, 0.1) is 0 Å². The zero-order valence-electron chi connectivity index (χ0n) is 14.4. The molecule has 2 aromatic rings. The molecule has 128 valence electrons. The maximum absolute atomic E-state index is 12.5. The Kier molecular flexibility index (Phi) is 3.87. The minimum atomic E-state index is -0.718. The summed E-state index contributed by atoms with van der Waals surface area (Å²) >= 11 is 0. The second-order valence-electron chi connectivity index (χ2n) is 7.32. The molecule has 1 aromatic heterocycles. The minimum Gasteiger partial charge on any atom is -0.443 e. The number of benzene rings is 1. The average Bonchev–Trinajstić information content (AvgIpc) is 3.07. The molecule has 0 bridgehead atoms. The van der Waals surface area contributed by atoms with E-state index in [1.54, 1.807) is 13.1 Å². The first-order chi connectivity index (χ1) is 11.2. The first-order valence-corrected chi connectivity index (χ1v) is 7.92. The molecule has 1 aliphatic rings. The fourth-order valence-electron chi connectivity index (χ4n) is 2.68. The van der Waals surface area contributed by atoms with E-state index >= 15 is 0 Å². The number of hydrogen-bond donors (Lipinski definition) is 1. The van der Waals surface area contributed by atoms with E-state index in [1.165, 1.54) is 4.57 Å². The van der Waals surface area contributed by atoms with Gasteiger partial charge >= 0.3 is 6.09 Å². The normalized spacial score (nSPS) is 20.8. The van der Waals surface area contributed by atoms with Crippen molar-refractivity contribution in [3.05, 3.63) is 36.0 Å². The molecule has 6 nitrogen and oxygen atoms in total. The molecule has 0 saturated carbocycles. The number of aliphatic hydroxyl groups excluding tert-OH is 1. The van der Waals surface area contributed by atoms with Gasteiger partial charge < -0.3 is 14.7 Å². The smallest absolute Gasteiger partial charge is 0.419 e. The molecule has 6 heteroatoms. The summed E-state index contributed by atoms with van der Waals surface area (Å²) in [5, 5.41) is 14.5. The molecule has 1 atom stereocenters. The lowest BCUT2D eigenvalue weighted by molar-refractivity contribution is -0.0428. The Balaban J connectivity index is 2.04. The van der Waals surface area contributed by atoms with Crippen molar-refractivity contribution in [2.45, 2.75) is 45.3 Å². The molecule has 1 unspecified atom stereocenters. The van der Waals surface area contributed by atoms with E-state index < -0.39 is 17.3 Å². The van der Waals surface area contributed by atoms with E-state index in [9.17, 15) is 9.90 Å². The van der Waals surface area contributed by atoms with Crippen LogP contribution >= 0.6 is 0 Å². The van der Waals surface area contributed by atoms with Gasteiger partial charge in [0, 0.05) is 23.6 Å². The molecule has 0 spiro atoms. The molecule has 0 amide bonds. The fourth-order valence-corrected chi connectivity index (χ4v) is 2.68. The molecular formula is C18H22N2O4. The number of hydrogen-bond acceptors (Lipinski definition) is 5. The van der Waals surface area contributed by atoms with Crippen LogP contribution in [0.1, 0.15) is 39.7 Å². The van der Waals surface area contributed by atoms with Gasteiger partial charge in [0.1, 0.15) is 5.60 Å². The van der Waals surface area contributed by atoms with Crippen LogP contribution in [0.3, 0.4) is 0 Å². The first-order valence-electron chi connectivity index (χ1n) is 7.92. The maximum atomic E-state index is 12.5. The minimum absolute atomic E-state index is 0.120. The van der Waals surface area contributed by atoms with Gasteiger partial charge in [0.25, 0.3) is 0 Å². The number of para-hydroxylation sites is 1. The summed E-state index contributed by atoms with van der Waals surface area (Å²) in [4.78, 5) is 17.9. The SMILES string of the molecule is CC(C)(C)OC(=O)n1cc(C2=NOC(C)(CO)C2)c2ccccc21. The van der Waals surface area contributed by atoms with Crippen molar-refractivity contribution in [2.75, 3.05) is 6.61 Å². The highest BCUT2D eigenvalue weighted by molar-refractivity contribution is 6.12. The van der Waals surface area contributed by atoms with E-state index in [0.29, 0.717) is 12.1 Å². The Labute approximate surface area is 140 Å². The molecule has 3 rings (SSSR count). The Morgan fingerprint density at radius 1 is 1.42 bits per heavy atom. The van der Waals surface area contributed by atoms with Crippen molar-refractivity contribution in [3.63, 3.8) is 0 Å². The van der Waals surface area contributed by atoms with Crippen LogP contribution in [-0.2, 0) is 9.57 Å². The van der Waals surface area contributed by atoms with Gasteiger partial charge in [0.2, 0.25) is 0 Å². The van der Waals surface area contributed by atoms with E-state index in [0.717, 1.165) is 16.5 Å². The predicted molar refractivity (Wildman–Crippen MR) is 91.3 cm³/mol. The van der Waals surface area contributed by atoms with Crippen LogP contribution in [0.4, 0.5) is 4.79 Å². The summed E-state index contributed by atoms with van der Waals surface area (Å²) in [5.74, 6) is 0. The zero-order valence-corrected chi connectivity index (χ0v) is 14.4. The van der Waals surface area contributed by atoms with E-state index in [-0.39, 0.29) is 6.61 Å². The summed E-state index contributed by atoms with van der Waals surface area (Å²) < 4.78 is 6.98. The second-order valence-corrected chi connectivity index (χ2v) is 7.32. The molecular weight excluding hydrogens is 308 g/mol. The summed E-state index contributed by atoms with van der Waals surface area (Å²) in [7, 11) is 0. The quantitative estimate of drug-likeness (QED) is 0.917. The molecule has 0 aliphatic carbocycles. The monoisotopic (exact) mass is 330 g/mol. The standard InChI is InChI=1S/C18H22N2O4/c1-17(2,3)23-16(22)20-10-13(12-7-5-6-8-15(12)20)14-9-18(4,11-21)24-19-14/h5-8,10,21H,9,11H2,1-4H3. The van der Waals surface area contributed by atoms with E-state index in [1.807, 2.05) is 45.0 Å². The summed E-state index contributed by atoms with van der Waals surface area (Å²) in [6.07, 6.45) is 1.77. The highest BCUT2D eigenvalue weighted by atomic mass is 16.7. The van der Waals surface area contributed by atoms with Crippen LogP contribution in [0.15, 0.2) is 35.6 Å². The van der Waals surface area contributed by atoms with Gasteiger partial charge in [-0.2, -0.15) is 0 Å². The van der Waals surface area contributed by atoms with Gasteiger partial charge in [-0.25, -0.2) is 4.79 Å². The van der Waals surface area contributed by atoms with Crippen molar-refractivity contribution in [2.24, 2.45) is 5.16 Å². The molecule has 1 aromatic carbocycles. The van der Waals surface area contributed by atoms with Crippen molar-refractivity contribution in [1.29, 1.82) is 0 Å². The van der Waals surface area contributed by atoms with Crippen LogP contribution in [0.5, 0.6) is 0 Å². The molecule has 1 N–H and O–H groups in total. The molecule has 24 heavy (non-hydrogen) atoms. The Morgan fingerprint density at radius 2 is 2.12 bits per heavy atom.